The molecule has 0 saturated heterocycles. The number of methoxy groups -OCH3 is 1. The third kappa shape index (κ3) is 3.39. The maximum absolute atomic E-state index is 12.7. The summed E-state index contributed by atoms with van der Waals surface area (Å²) in [6.07, 6.45) is -11.3. The van der Waals surface area contributed by atoms with Gasteiger partial charge in [0.15, 0.2) is 0 Å². The van der Waals surface area contributed by atoms with Crippen molar-refractivity contribution in [2.24, 2.45) is 0 Å². The highest BCUT2D eigenvalue weighted by Gasteiger charge is 2.72. The second kappa shape index (κ2) is 5.82. The van der Waals surface area contributed by atoms with Crippen molar-refractivity contribution >= 4 is 11.9 Å². The van der Waals surface area contributed by atoms with Crippen LogP contribution in [0.15, 0.2) is 29.2 Å². The monoisotopic (exact) mass is 319 g/mol. The molecule has 0 saturated carbocycles. The molecule has 1 rings (SSSR count). The van der Waals surface area contributed by atoms with Crippen LogP contribution in [0.4, 0.5) is 26.3 Å². The summed E-state index contributed by atoms with van der Waals surface area (Å²) in [6.45, 7) is 1.74. The number of ether oxygens (including phenoxy) is 1. The molecule has 0 amide bonds. The summed E-state index contributed by atoms with van der Waals surface area (Å²) in [5.41, 5.74) is -3.59. The zero-order valence-electron chi connectivity index (χ0n) is 10.4. The standard InChI is InChI=1S/C11H11F6NOS/c1-7-3-5-8(6-4-7)20-18-9(19-2,10(12,13)14)11(15,16)17/h3-6,18H,1-2H3. The van der Waals surface area contributed by atoms with Crippen LogP contribution in [0.3, 0.4) is 0 Å². The van der Waals surface area contributed by atoms with Gasteiger partial charge in [0.1, 0.15) is 0 Å². The van der Waals surface area contributed by atoms with Crippen molar-refractivity contribution in [3.8, 4) is 0 Å². The summed E-state index contributed by atoms with van der Waals surface area (Å²) < 4.78 is 81.4. The fraction of sp³-hybridized carbons (Fsp3) is 0.455. The van der Waals surface area contributed by atoms with Crippen molar-refractivity contribution in [1.29, 1.82) is 0 Å². The maximum atomic E-state index is 12.7. The number of nitrogens with one attached hydrogen (secondary N) is 1. The van der Waals surface area contributed by atoms with Crippen LogP contribution in [0.2, 0.25) is 0 Å². The van der Waals surface area contributed by atoms with Crippen molar-refractivity contribution in [3.05, 3.63) is 29.8 Å². The van der Waals surface area contributed by atoms with E-state index >= 15 is 0 Å². The van der Waals surface area contributed by atoms with Crippen LogP contribution in [0.25, 0.3) is 0 Å². The van der Waals surface area contributed by atoms with Crippen LogP contribution >= 0.6 is 11.9 Å². The van der Waals surface area contributed by atoms with E-state index in [0.717, 1.165) is 5.56 Å². The molecule has 0 aliphatic rings. The average Bonchev–Trinajstić information content (AvgIpc) is 2.29. The summed E-state index contributed by atoms with van der Waals surface area (Å²) in [6, 6.07) is 5.94. The number of benzene rings is 1. The van der Waals surface area contributed by atoms with Crippen molar-refractivity contribution < 1.29 is 31.1 Å². The first-order valence-electron chi connectivity index (χ1n) is 5.23. The van der Waals surface area contributed by atoms with Gasteiger partial charge < -0.3 is 4.74 Å². The second-order valence-corrected chi connectivity index (χ2v) is 4.78. The molecule has 0 fully saturated rings. The lowest BCUT2D eigenvalue weighted by Crippen LogP contribution is -2.65. The lowest BCUT2D eigenvalue weighted by Gasteiger charge is -2.35. The number of rotatable bonds is 4. The van der Waals surface area contributed by atoms with Crippen LogP contribution in [-0.4, -0.2) is 25.2 Å². The van der Waals surface area contributed by atoms with Gasteiger partial charge in [-0.15, -0.1) is 0 Å². The highest BCUT2D eigenvalue weighted by Crippen LogP contribution is 2.45. The van der Waals surface area contributed by atoms with E-state index in [1.165, 1.54) is 16.9 Å². The summed E-state index contributed by atoms with van der Waals surface area (Å²) in [5, 5.41) is 0. The minimum atomic E-state index is -5.66. The minimum Gasteiger partial charge on any atom is -0.348 e. The number of halogens is 6. The lowest BCUT2D eigenvalue weighted by molar-refractivity contribution is -0.378. The fourth-order valence-corrected chi connectivity index (χ4v) is 2.14. The molecule has 0 unspecified atom stereocenters. The molecule has 0 atom stereocenters. The average molecular weight is 319 g/mol. The molecule has 1 aromatic rings. The Hall–Kier alpha value is -0.930. The van der Waals surface area contributed by atoms with Crippen molar-refractivity contribution in [2.45, 2.75) is 29.9 Å². The first-order chi connectivity index (χ1) is 9.03. The van der Waals surface area contributed by atoms with E-state index in [-0.39, 0.29) is 16.8 Å². The SMILES string of the molecule is COC(NSc1ccc(C)cc1)(C(F)(F)F)C(F)(F)F. The van der Waals surface area contributed by atoms with Gasteiger partial charge in [-0.05, 0) is 31.0 Å². The zero-order chi connectivity index (χ0) is 15.6. The lowest BCUT2D eigenvalue weighted by atomic mass is 10.2. The summed E-state index contributed by atoms with van der Waals surface area (Å²) >= 11 is 0.199. The molecule has 1 N–H and O–H groups in total. The molecule has 0 heterocycles. The Labute approximate surface area is 115 Å². The topological polar surface area (TPSA) is 21.3 Å². The van der Waals surface area contributed by atoms with Crippen LogP contribution in [0.5, 0.6) is 0 Å². The van der Waals surface area contributed by atoms with E-state index in [2.05, 4.69) is 4.74 Å². The summed E-state index contributed by atoms with van der Waals surface area (Å²) in [4.78, 5) is 0.200. The zero-order valence-corrected chi connectivity index (χ0v) is 11.2. The van der Waals surface area contributed by atoms with Gasteiger partial charge in [-0.2, -0.15) is 26.3 Å². The second-order valence-electron chi connectivity index (χ2n) is 3.90. The molecular weight excluding hydrogens is 308 g/mol. The van der Waals surface area contributed by atoms with Gasteiger partial charge in [-0.3, -0.25) is 0 Å². The van der Waals surface area contributed by atoms with Gasteiger partial charge in [-0.25, -0.2) is 4.72 Å². The summed E-state index contributed by atoms with van der Waals surface area (Å²) in [5.74, 6) is 0. The Morgan fingerprint density at radius 3 is 1.75 bits per heavy atom. The molecule has 1 aromatic carbocycles. The summed E-state index contributed by atoms with van der Waals surface area (Å²) in [7, 11) is 0.351. The third-order valence-corrected chi connectivity index (χ3v) is 3.34. The molecule has 0 radical (unpaired) electrons. The first-order valence-corrected chi connectivity index (χ1v) is 6.04. The van der Waals surface area contributed by atoms with E-state index in [4.69, 9.17) is 0 Å². The van der Waals surface area contributed by atoms with Crippen LogP contribution in [0, 0.1) is 6.92 Å². The Balaban J connectivity index is 2.99. The quantitative estimate of drug-likeness (QED) is 0.514. The Morgan fingerprint density at radius 1 is 0.950 bits per heavy atom. The van der Waals surface area contributed by atoms with Gasteiger partial charge in [0.25, 0.3) is 0 Å². The van der Waals surface area contributed by atoms with Crippen molar-refractivity contribution in [3.63, 3.8) is 0 Å². The van der Waals surface area contributed by atoms with Crippen LogP contribution in [-0.2, 0) is 4.74 Å². The van der Waals surface area contributed by atoms with Crippen LogP contribution in [0.1, 0.15) is 5.56 Å². The van der Waals surface area contributed by atoms with Gasteiger partial charge in [-0.1, -0.05) is 17.7 Å². The number of hydrogen-bond acceptors (Lipinski definition) is 3. The minimum absolute atomic E-state index is 0.199. The molecule has 0 aromatic heterocycles. The molecule has 9 heteroatoms. The molecule has 20 heavy (non-hydrogen) atoms. The predicted molar refractivity (Wildman–Crippen MR) is 62.0 cm³/mol. The Kier molecular flexibility index (Phi) is 4.99. The number of hydrogen-bond donors (Lipinski definition) is 1. The largest absolute Gasteiger partial charge is 0.441 e. The van der Waals surface area contributed by atoms with Gasteiger partial charge in [0, 0.05) is 12.0 Å². The maximum Gasteiger partial charge on any atom is 0.441 e. The molecule has 0 spiro atoms. The number of alkyl halides is 6. The van der Waals surface area contributed by atoms with Crippen molar-refractivity contribution in [2.75, 3.05) is 7.11 Å². The van der Waals surface area contributed by atoms with E-state index < -0.39 is 18.1 Å². The first kappa shape index (κ1) is 17.1. The fourth-order valence-electron chi connectivity index (χ4n) is 1.29. The van der Waals surface area contributed by atoms with Crippen LogP contribution < -0.4 is 4.72 Å². The Morgan fingerprint density at radius 2 is 1.40 bits per heavy atom. The van der Waals surface area contributed by atoms with Gasteiger partial charge in [0.05, 0.1) is 0 Å². The predicted octanol–water partition coefficient (Wildman–Crippen LogP) is 4.06. The highest BCUT2D eigenvalue weighted by molar-refractivity contribution is 7.97. The highest BCUT2D eigenvalue weighted by atomic mass is 32.2. The van der Waals surface area contributed by atoms with E-state index in [1.54, 1.807) is 19.1 Å². The molecular formula is C11H11F6NOS. The van der Waals surface area contributed by atoms with Gasteiger partial charge >= 0.3 is 18.1 Å². The molecule has 0 bridgehead atoms. The van der Waals surface area contributed by atoms with E-state index in [9.17, 15) is 26.3 Å². The van der Waals surface area contributed by atoms with E-state index in [0.29, 0.717) is 7.11 Å². The molecule has 0 aliphatic heterocycles. The third-order valence-electron chi connectivity index (χ3n) is 2.44. The molecule has 114 valence electrons. The molecule has 2 nitrogen and oxygen atoms in total. The molecule has 0 aliphatic carbocycles. The smallest absolute Gasteiger partial charge is 0.348 e. The Bertz CT molecular complexity index is 428. The normalized spacial score (nSPS) is 13.6. The van der Waals surface area contributed by atoms with Gasteiger partial charge in [0.2, 0.25) is 0 Å². The van der Waals surface area contributed by atoms with E-state index in [1.807, 2.05) is 0 Å². The number of aryl methyl sites for hydroxylation is 1. The van der Waals surface area contributed by atoms with Crippen molar-refractivity contribution in [1.82, 2.24) is 4.72 Å².